The van der Waals surface area contributed by atoms with Crippen molar-refractivity contribution >= 4 is 0 Å². The lowest BCUT2D eigenvalue weighted by Gasteiger charge is -2.63. The van der Waals surface area contributed by atoms with Gasteiger partial charge in [0.1, 0.15) is 5.67 Å². The number of halogens is 1. The zero-order chi connectivity index (χ0) is 10.2. The molecule has 0 atom stereocenters. The molecule has 0 aromatic carbocycles. The number of alkyl halides is 1. The lowest BCUT2D eigenvalue weighted by Crippen LogP contribution is -2.70. The molecule has 0 aromatic rings. The Morgan fingerprint density at radius 2 is 0.929 bits per heavy atom. The van der Waals surface area contributed by atoms with Gasteiger partial charge >= 0.3 is 0 Å². The molecule has 0 saturated heterocycles. The molecule has 80 valence electrons. The average Bonchev–Trinajstić information content (AvgIpc) is 1.67. The molecule has 0 amide bonds. The summed E-state index contributed by atoms with van der Waals surface area (Å²) in [6.45, 7) is 0. The minimum absolute atomic E-state index is 0.0740. The van der Waals surface area contributed by atoms with Gasteiger partial charge in [0, 0.05) is 38.5 Å². The largest absolute Gasteiger partial charge is 0.390 e. The Morgan fingerprint density at radius 3 is 1.14 bits per heavy atom. The first-order valence-electron chi connectivity index (χ1n) is 5.10. The second kappa shape index (κ2) is 2.01. The molecule has 4 rings (SSSR count). The van der Waals surface area contributed by atoms with Crippen molar-refractivity contribution in [2.45, 2.75) is 61.0 Å². The van der Waals surface area contributed by atoms with Crippen LogP contribution in [0.2, 0.25) is 0 Å². The fourth-order valence-electron chi connectivity index (χ4n) is 4.36. The van der Waals surface area contributed by atoms with Crippen LogP contribution in [0.4, 0.5) is 4.39 Å². The lowest BCUT2D eigenvalue weighted by molar-refractivity contribution is -0.281. The molecule has 0 spiro atoms. The highest BCUT2D eigenvalue weighted by Gasteiger charge is 2.68. The Hall–Kier alpha value is -0.190. The molecule has 3 nitrogen and oxygen atoms in total. The molecule has 4 fully saturated rings. The summed E-state index contributed by atoms with van der Waals surface area (Å²) in [5.41, 5.74) is -5.12. The third-order valence-corrected chi connectivity index (χ3v) is 3.91. The van der Waals surface area contributed by atoms with E-state index in [-0.39, 0.29) is 38.5 Å². The van der Waals surface area contributed by atoms with Crippen LogP contribution < -0.4 is 0 Å². The monoisotopic (exact) mass is 202 g/mol. The highest BCUT2D eigenvalue weighted by atomic mass is 19.1. The summed E-state index contributed by atoms with van der Waals surface area (Å²) >= 11 is 0. The standard InChI is InChI=1S/C10H15FO3/c11-7-1-8(12)4-9(13,2-7)6-10(14,3-7)5-8/h12-14H,1-6H2. The fraction of sp³-hybridized carbons (Fsp3) is 1.00. The van der Waals surface area contributed by atoms with Crippen LogP contribution in [0.1, 0.15) is 38.5 Å². The first kappa shape index (κ1) is 9.07. The van der Waals surface area contributed by atoms with E-state index < -0.39 is 22.5 Å². The molecule has 3 N–H and O–H groups in total. The quantitative estimate of drug-likeness (QED) is 0.528. The van der Waals surface area contributed by atoms with Crippen LogP contribution in [0, 0.1) is 0 Å². The van der Waals surface area contributed by atoms with Gasteiger partial charge in [-0.05, 0) is 0 Å². The average molecular weight is 202 g/mol. The number of rotatable bonds is 0. The summed E-state index contributed by atoms with van der Waals surface area (Å²) in [4.78, 5) is 0. The van der Waals surface area contributed by atoms with E-state index in [2.05, 4.69) is 0 Å². The van der Waals surface area contributed by atoms with E-state index in [0.29, 0.717) is 0 Å². The molecular formula is C10H15FO3. The van der Waals surface area contributed by atoms with Crippen molar-refractivity contribution in [3.05, 3.63) is 0 Å². The van der Waals surface area contributed by atoms with E-state index >= 15 is 0 Å². The third kappa shape index (κ3) is 1.08. The van der Waals surface area contributed by atoms with Crippen LogP contribution in [0.3, 0.4) is 0 Å². The van der Waals surface area contributed by atoms with E-state index in [9.17, 15) is 19.7 Å². The zero-order valence-electron chi connectivity index (χ0n) is 7.96. The Kier molecular flexibility index (Phi) is 1.30. The van der Waals surface area contributed by atoms with Crippen LogP contribution >= 0.6 is 0 Å². The molecule has 4 bridgehead atoms. The van der Waals surface area contributed by atoms with E-state index in [1.54, 1.807) is 0 Å². The third-order valence-electron chi connectivity index (χ3n) is 3.91. The maximum absolute atomic E-state index is 14.1. The smallest absolute Gasteiger partial charge is 0.119 e. The summed E-state index contributed by atoms with van der Waals surface area (Å²) in [5.74, 6) is 0. The molecule has 4 aliphatic carbocycles. The Bertz CT molecular complexity index is 208. The molecular weight excluding hydrogens is 187 g/mol. The predicted octanol–water partition coefficient (Wildman–Crippen LogP) is 0.269. The van der Waals surface area contributed by atoms with E-state index in [1.807, 2.05) is 0 Å². The van der Waals surface area contributed by atoms with Gasteiger partial charge in [-0.2, -0.15) is 0 Å². The first-order valence-corrected chi connectivity index (χ1v) is 5.10. The normalized spacial score (nSPS) is 66.0. The summed E-state index contributed by atoms with van der Waals surface area (Å²) in [6, 6.07) is 0. The van der Waals surface area contributed by atoms with Crippen molar-refractivity contribution in [3.8, 4) is 0 Å². The number of hydrogen-bond acceptors (Lipinski definition) is 3. The minimum Gasteiger partial charge on any atom is -0.390 e. The van der Waals surface area contributed by atoms with Crippen LogP contribution in [0.5, 0.6) is 0 Å². The van der Waals surface area contributed by atoms with Gasteiger partial charge in [0.25, 0.3) is 0 Å². The summed E-state index contributed by atoms with van der Waals surface area (Å²) in [6.07, 6.45) is 0.871. The van der Waals surface area contributed by atoms with Crippen molar-refractivity contribution in [1.29, 1.82) is 0 Å². The molecule has 14 heavy (non-hydrogen) atoms. The summed E-state index contributed by atoms with van der Waals surface area (Å²) in [7, 11) is 0. The van der Waals surface area contributed by atoms with Crippen molar-refractivity contribution in [3.63, 3.8) is 0 Å². The summed E-state index contributed by atoms with van der Waals surface area (Å²) < 4.78 is 14.1. The van der Waals surface area contributed by atoms with Gasteiger partial charge in [0.05, 0.1) is 16.8 Å². The Balaban J connectivity index is 2.08. The molecule has 4 heteroatoms. The molecule has 0 unspecified atom stereocenters. The SMILES string of the molecule is OC12CC3(O)CC(O)(C1)CC(F)(C2)C3. The Morgan fingerprint density at radius 1 is 0.643 bits per heavy atom. The highest BCUT2D eigenvalue weighted by molar-refractivity contribution is 5.20. The Labute approximate surface area is 81.6 Å². The van der Waals surface area contributed by atoms with Gasteiger partial charge in [0.2, 0.25) is 0 Å². The predicted molar refractivity (Wildman–Crippen MR) is 46.4 cm³/mol. The summed E-state index contributed by atoms with van der Waals surface area (Å²) in [5, 5.41) is 30.1. The molecule has 4 saturated carbocycles. The van der Waals surface area contributed by atoms with Gasteiger partial charge in [-0.3, -0.25) is 0 Å². The van der Waals surface area contributed by atoms with E-state index in [1.165, 1.54) is 0 Å². The van der Waals surface area contributed by atoms with Gasteiger partial charge in [-0.1, -0.05) is 0 Å². The maximum Gasteiger partial charge on any atom is 0.119 e. The number of aliphatic hydroxyl groups is 3. The van der Waals surface area contributed by atoms with Crippen LogP contribution in [0.25, 0.3) is 0 Å². The second-order valence-electron chi connectivity index (χ2n) is 5.88. The maximum atomic E-state index is 14.1. The topological polar surface area (TPSA) is 60.7 Å². The molecule has 0 radical (unpaired) electrons. The van der Waals surface area contributed by atoms with Gasteiger partial charge in [-0.25, -0.2) is 4.39 Å². The molecule has 0 aliphatic heterocycles. The zero-order valence-corrected chi connectivity index (χ0v) is 7.96. The second-order valence-corrected chi connectivity index (χ2v) is 5.88. The highest BCUT2D eigenvalue weighted by Crippen LogP contribution is 2.62. The first-order chi connectivity index (χ1) is 6.24. The number of hydrogen-bond donors (Lipinski definition) is 3. The van der Waals surface area contributed by atoms with Gasteiger partial charge in [-0.15, -0.1) is 0 Å². The van der Waals surface area contributed by atoms with E-state index in [4.69, 9.17) is 0 Å². The molecule has 0 heterocycles. The van der Waals surface area contributed by atoms with Gasteiger partial charge in [0.15, 0.2) is 0 Å². The van der Waals surface area contributed by atoms with Gasteiger partial charge < -0.3 is 15.3 Å². The fourth-order valence-corrected chi connectivity index (χ4v) is 4.36. The van der Waals surface area contributed by atoms with Crippen molar-refractivity contribution < 1.29 is 19.7 Å². The van der Waals surface area contributed by atoms with Crippen molar-refractivity contribution in [2.24, 2.45) is 0 Å². The van der Waals surface area contributed by atoms with Crippen LogP contribution in [-0.4, -0.2) is 37.8 Å². The van der Waals surface area contributed by atoms with Crippen molar-refractivity contribution in [2.75, 3.05) is 0 Å². The lowest BCUT2D eigenvalue weighted by atomic mass is 9.49. The minimum atomic E-state index is -1.56. The van der Waals surface area contributed by atoms with Crippen LogP contribution in [-0.2, 0) is 0 Å². The van der Waals surface area contributed by atoms with E-state index in [0.717, 1.165) is 0 Å². The molecule has 0 aromatic heterocycles. The molecule has 4 aliphatic rings. The van der Waals surface area contributed by atoms with Crippen molar-refractivity contribution in [1.82, 2.24) is 0 Å². The van der Waals surface area contributed by atoms with Crippen LogP contribution in [0.15, 0.2) is 0 Å².